The zero-order valence-electron chi connectivity index (χ0n) is 14.1. The molecule has 0 radical (unpaired) electrons. The second-order valence-corrected chi connectivity index (χ2v) is 8.00. The Hall–Kier alpha value is -2.18. The molecule has 0 spiro atoms. The minimum absolute atomic E-state index is 0.0975. The summed E-state index contributed by atoms with van der Waals surface area (Å²) in [6, 6.07) is 14.2. The average molecular weight is 346 g/mol. The maximum Gasteiger partial charge on any atom is 0.242 e. The molecule has 0 aliphatic heterocycles. The zero-order chi connectivity index (χ0) is 17.7. The fourth-order valence-corrected chi connectivity index (χ4v) is 3.17. The number of hydrogen-bond acceptors (Lipinski definition) is 3. The SMILES string of the molecule is Cc1cccc(CCC(=O)Nc2ccc(S(=O)(=O)N(C)C)cc2)c1. The number of nitrogens with one attached hydrogen (secondary N) is 1. The minimum atomic E-state index is -3.45. The molecule has 5 nitrogen and oxygen atoms in total. The van der Waals surface area contributed by atoms with E-state index in [9.17, 15) is 13.2 Å². The van der Waals surface area contributed by atoms with E-state index in [1.54, 1.807) is 12.1 Å². The van der Waals surface area contributed by atoms with Crippen molar-refractivity contribution < 1.29 is 13.2 Å². The molecule has 0 fully saturated rings. The van der Waals surface area contributed by atoms with Crippen molar-refractivity contribution in [2.75, 3.05) is 19.4 Å². The van der Waals surface area contributed by atoms with Crippen molar-refractivity contribution >= 4 is 21.6 Å². The molecule has 0 aliphatic rings. The van der Waals surface area contributed by atoms with Crippen LogP contribution in [0.25, 0.3) is 0 Å². The summed E-state index contributed by atoms with van der Waals surface area (Å²) in [6.07, 6.45) is 1.04. The van der Waals surface area contributed by atoms with Crippen LogP contribution in [0, 0.1) is 6.92 Å². The van der Waals surface area contributed by atoms with Crippen LogP contribution in [-0.2, 0) is 21.2 Å². The Morgan fingerprint density at radius 1 is 1.08 bits per heavy atom. The van der Waals surface area contributed by atoms with Gasteiger partial charge < -0.3 is 5.32 Å². The first-order valence-corrected chi connectivity index (χ1v) is 9.11. The Labute approximate surface area is 143 Å². The van der Waals surface area contributed by atoms with Crippen molar-refractivity contribution in [1.82, 2.24) is 4.31 Å². The molecule has 24 heavy (non-hydrogen) atoms. The van der Waals surface area contributed by atoms with Gasteiger partial charge in [-0.25, -0.2) is 12.7 Å². The van der Waals surface area contributed by atoms with Crippen molar-refractivity contribution in [2.24, 2.45) is 0 Å². The molecule has 0 aromatic heterocycles. The molecule has 0 heterocycles. The van der Waals surface area contributed by atoms with Gasteiger partial charge in [-0.3, -0.25) is 4.79 Å². The normalized spacial score (nSPS) is 11.5. The Morgan fingerprint density at radius 3 is 2.33 bits per heavy atom. The van der Waals surface area contributed by atoms with Gasteiger partial charge in [0.2, 0.25) is 15.9 Å². The first-order chi connectivity index (χ1) is 11.3. The predicted molar refractivity (Wildman–Crippen MR) is 95.4 cm³/mol. The van der Waals surface area contributed by atoms with E-state index in [1.165, 1.54) is 31.8 Å². The van der Waals surface area contributed by atoms with Gasteiger partial charge >= 0.3 is 0 Å². The lowest BCUT2D eigenvalue weighted by molar-refractivity contribution is -0.116. The Morgan fingerprint density at radius 2 is 1.75 bits per heavy atom. The molecule has 0 aliphatic carbocycles. The predicted octanol–water partition coefficient (Wildman–Crippen LogP) is 2.82. The summed E-state index contributed by atoms with van der Waals surface area (Å²) in [5.41, 5.74) is 2.88. The second-order valence-electron chi connectivity index (χ2n) is 5.85. The highest BCUT2D eigenvalue weighted by Gasteiger charge is 2.16. The highest BCUT2D eigenvalue weighted by atomic mass is 32.2. The summed E-state index contributed by atoms with van der Waals surface area (Å²) in [4.78, 5) is 12.2. The fourth-order valence-electron chi connectivity index (χ4n) is 2.27. The van der Waals surface area contributed by atoms with Gasteiger partial charge in [-0.2, -0.15) is 0 Å². The van der Waals surface area contributed by atoms with Gasteiger partial charge in [0.15, 0.2) is 0 Å². The smallest absolute Gasteiger partial charge is 0.242 e. The van der Waals surface area contributed by atoms with Gasteiger partial charge in [0, 0.05) is 26.2 Å². The number of benzene rings is 2. The first kappa shape index (κ1) is 18.2. The van der Waals surface area contributed by atoms with Crippen LogP contribution < -0.4 is 5.32 Å². The molecular weight excluding hydrogens is 324 g/mol. The summed E-state index contributed by atoms with van der Waals surface area (Å²) in [7, 11) is -0.487. The highest BCUT2D eigenvalue weighted by molar-refractivity contribution is 7.89. The maximum atomic E-state index is 12.0. The van der Waals surface area contributed by atoms with E-state index in [0.29, 0.717) is 18.5 Å². The molecule has 2 aromatic rings. The van der Waals surface area contributed by atoms with E-state index < -0.39 is 10.0 Å². The zero-order valence-corrected chi connectivity index (χ0v) is 14.9. The molecule has 2 rings (SSSR count). The molecular formula is C18H22N2O3S. The lowest BCUT2D eigenvalue weighted by Crippen LogP contribution is -2.22. The number of carbonyl (C=O) groups is 1. The van der Waals surface area contributed by atoms with Crippen LogP contribution in [0.5, 0.6) is 0 Å². The van der Waals surface area contributed by atoms with E-state index in [1.807, 2.05) is 25.1 Å². The highest BCUT2D eigenvalue weighted by Crippen LogP contribution is 2.17. The van der Waals surface area contributed by atoms with Gasteiger partial charge in [-0.15, -0.1) is 0 Å². The van der Waals surface area contributed by atoms with Crippen molar-refractivity contribution in [1.29, 1.82) is 0 Å². The molecule has 1 amide bonds. The van der Waals surface area contributed by atoms with Crippen LogP contribution in [0.15, 0.2) is 53.4 Å². The Bertz CT molecular complexity index is 812. The van der Waals surface area contributed by atoms with Gasteiger partial charge in [-0.1, -0.05) is 29.8 Å². The molecule has 1 N–H and O–H groups in total. The molecule has 0 saturated carbocycles. The molecule has 128 valence electrons. The number of aryl methyl sites for hydroxylation is 2. The Balaban J connectivity index is 1.95. The van der Waals surface area contributed by atoms with Crippen molar-refractivity contribution in [2.45, 2.75) is 24.7 Å². The monoisotopic (exact) mass is 346 g/mol. The van der Waals surface area contributed by atoms with Gasteiger partial charge in [0.25, 0.3) is 0 Å². The summed E-state index contributed by atoms with van der Waals surface area (Å²) in [5.74, 6) is -0.0975. The van der Waals surface area contributed by atoms with Crippen molar-refractivity contribution in [3.8, 4) is 0 Å². The first-order valence-electron chi connectivity index (χ1n) is 7.67. The van der Waals surface area contributed by atoms with Gasteiger partial charge in [-0.05, 0) is 43.2 Å². The average Bonchev–Trinajstić information content (AvgIpc) is 2.53. The third-order valence-corrected chi connectivity index (χ3v) is 5.47. The third kappa shape index (κ3) is 4.66. The molecule has 0 bridgehead atoms. The summed E-state index contributed by atoms with van der Waals surface area (Å²) in [5, 5.41) is 2.79. The van der Waals surface area contributed by atoms with E-state index in [2.05, 4.69) is 11.4 Å². The number of hydrogen-bond donors (Lipinski definition) is 1. The quantitative estimate of drug-likeness (QED) is 0.875. The van der Waals surface area contributed by atoms with Crippen LogP contribution >= 0.6 is 0 Å². The van der Waals surface area contributed by atoms with Crippen LogP contribution in [0.4, 0.5) is 5.69 Å². The largest absolute Gasteiger partial charge is 0.326 e. The van der Waals surface area contributed by atoms with E-state index >= 15 is 0 Å². The van der Waals surface area contributed by atoms with E-state index in [4.69, 9.17) is 0 Å². The summed E-state index contributed by atoms with van der Waals surface area (Å²) < 4.78 is 25.1. The topological polar surface area (TPSA) is 66.5 Å². The van der Waals surface area contributed by atoms with Crippen LogP contribution in [0.3, 0.4) is 0 Å². The van der Waals surface area contributed by atoms with Crippen molar-refractivity contribution in [3.63, 3.8) is 0 Å². The number of rotatable bonds is 6. The lowest BCUT2D eigenvalue weighted by atomic mass is 10.1. The molecule has 6 heteroatoms. The van der Waals surface area contributed by atoms with E-state index in [-0.39, 0.29) is 10.8 Å². The molecule has 0 unspecified atom stereocenters. The summed E-state index contributed by atoms with van der Waals surface area (Å²) in [6.45, 7) is 2.02. The molecule has 0 atom stereocenters. The van der Waals surface area contributed by atoms with E-state index in [0.717, 1.165) is 9.87 Å². The van der Waals surface area contributed by atoms with Gasteiger partial charge in [0.05, 0.1) is 4.90 Å². The molecule has 2 aromatic carbocycles. The van der Waals surface area contributed by atoms with Crippen LogP contribution in [-0.4, -0.2) is 32.7 Å². The summed E-state index contributed by atoms with van der Waals surface area (Å²) >= 11 is 0. The van der Waals surface area contributed by atoms with Crippen LogP contribution in [0.2, 0.25) is 0 Å². The number of anilines is 1. The fraction of sp³-hybridized carbons (Fsp3) is 0.278. The number of sulfonamides is 1. The number of amides is 1. The lowest BCUT2D eigenvalue weighted by Gasteiger charge is -2.12. The van der Waals surface area contributed by atoms with Crippen molar-refractivity contribution in [3.05, 3.63) is 59.7 Å². The minimum Gasteiger partial charge on any atom is -0.326 e. The van der Waals surface area contributed by atoms with Gasteiger partial charge in [0.1, 0.15) is 0 Å². The second kappa shape index (κ2) is 7.59. The number of nitrogens with zero attached hydrogens (tertiary/aromatic N) is 1. The Kier molecular flexibility index (Phi) is 5.75. The molecule has 0 saturated heterocycles. The maximum absolute atomic E-state index is 12.0. The van der Waals surface area contributed by atoms with Crippen LogP contribution in [0.1, 0.15) is 17.5 Å². The standard InChI is InChI=1S/C18H22N2O3S/c1-14-5-4-6-15(13-14)7-12-18(21)19-16-8-10-17(11-9-16)24(22,23)20(2)3/h4-6,8-11,13H,7,12H2,1-3H3,(H,19,21). The number of carbonyl (C=O) groups excluding carboxylic acids is 1. The third-order valence-electron chi connectivity index (χ3n) is 3.64.